The molecule has 0 unspecified atom stereocenters. The predicted molar refractivity (Wildman–Crippen MR) is 82.9 cm³/mol. The highest BCUT2D eigenvalue weighted by Gasteiger charge is 2.14. The van der Waals surface area contributed by atoms with Gasteiger partial charge < -0.3 is 0 Å². The molecule has 0 bridgehead atoms. The van der Waals surface area contributed by atoms with Crippen LogP contribution in [0.1, 0.15) is 43.7 Å². The molecule has 2 aromatic carbocycles. The van der Waals surface area contributed by atoms with Crippen LogP contribution in [0.25, 0.3) is 0 Å². The molecule has 106 valence electrons. The van der Waals surface area contributed by atoms with Gasteiger partial charge in [-0.3, -0.25) is 0 Å². The lowest BCUT2D eigenvalue weighted by molar-refractivity contribution is -0.597. The van der Waals surface area contributed by atoms with Crippen molar-refractivity contribution in [2.75, 3.05) is 0 Å². The standard InChI is InChI=1S/C19H24I/c1-3-4-5-6-7-17-10-14-19(15-11-17)20-18-12-8-16(2)9-13-18/h8-15H,3-7H2,1-2H3/q+1. The van der Waals surface area contributed by atoms with E-state index in [1.165, 1.54) is 50.4 Å². The molecule has 0 atom stereocenters. The van der Waals surface area contributed by atoms with E-state index in [1.807, 2.05) is 0 Å². The summed E-state index contributed by atoms with van der Waals surface area (Å²) in [5.74, 6) is 0. The Balaban J connectivity index is 1.86. The molecule has 0 aliphatic rings. The molecule has 0 nitrogen and oxygen atoms in total. The number of aryl methyl sites for hydroxylation is 2. The molecule has 1 heteroatoms. The van der Waals surface area contributed by atoms with Crippen LogP contribution in [0.2, 0.25) is 0 Å². The minimum Gasteiger partial charge on any atom is -0.0654 e. The zero-order chi connectivity index (χ0) is 14.2. The second-order valence-corrected chi connectivity index (χ2v) is 8.36. The number of hydrogen-bond acceptors (Lipinski definition) is 0. The molecule has 0 N–H and O–H groups in total. The first-order valence-electron chi connectivity index (χ1n) is 7.58. The van der Waals surface area contributed by atoms with Crippen molar-refractivity contribution >= 4 is 0 Å². The topological polar surface area (TPSA) is 0 Å². The maximum atomic E-state index is 2.34. The second kappa shape index (κ2) is 8.46. The summed E-state index contributed by atoms with van der Waals surface area (Å²) in [6, 6.07) is 18.3. The zero-order valence-corrected chi connectivity index (χ0v) is 14.7. The van der Waals surface area contributed by atoms with Crippen LogP contribution >= 0.6 is 0 Å². The third-order valence-corrected chi connectivity index (χ3v) is 6.15. The average Bonchev–Trinajstić information content (AvgIpc) is 2.48. The Morgan fingerprint density at radius 1 is 0.750 bits per heavy atom. The molecule has 2 aromatic rings. The monoisotopic (exact) mass is 379 g/mol. The van der Waals surface area contributed by atoms with Crippen LogP contribution < -0.4 is 21.2 Å². The molecule has 0 heterocycles. The fourth-order valence-electron chi connectivity index (χ4n) is 2.19. The van der Waals surface area contributed by atoms with Crippen LogP contribution in [0.4, 0.5) is 0 Å². The minimum absolute atomic E-state index is 0.0164. The molecular weight excluding hydrogens is 355 g/mol. The fraction of sp³-hybridized carbons (Fsp3) is 0.368. The van der Waals surface area contributed by atoms with Crippen molar-refractivity contribution in [2.24, 2.45) is 0 Å². The van der Waals surface area contributed by atoms with E-state index in [2.05, 4.69) is 62.4 Å². The minimum atomic E-state index is -0.0164. The normalized spacial score (nSPS) is 10.7. The van der Waals surface area contributed by atoms with Crippen molar-refractivity contribution in [3.8, 4) is 0 Å². The first-order valence-corrected chi connectivity index (χ1v) is 9.74. The second-order valence-electron chi connectivity index (χ2n) is 5.33. The molecular formula is C19H24I+. The van der Waals surface area contributed by atoms with Gasteiger partial charge in [-0.15, -0.1) is 0 Å². The van der Waals surface area contributed by atoms with Gasteiger partial charge in [0.2, 0.25) is 0 Å². The van der Waals surface area contributed by atoms with Gasteiger partial charge in [0.05, 0.1) is 0 Å². The first-order chi connectivity index (χ1) is 9.78. The lowest BCUT2D eigenvalue weighted by Crippen LogP contribution is -3.61. The van der Waals surface area contributed by atoms with Crippen LogP contribution in [0, 0.1) is 14.1 Å². The number of unbranched alkanes of at least 4 members (excludes halogenated alkanes) is 3. The molecule has 0 spiro atoms. The predicted octanol–water partition coefficient (Wildman–Crippen LogP) is 2.25. The SMILES string of the molecule is CCCCCCc1ccc([I+]c2ccc(C)cc2)cc1. The number of hydrogen-bond donors (Lipinski definition) is 0. The largest absolute Gasteiger partial charge is 0.357 e. The summed E-state index contributed by atoms with van der Waals surface area (Å²) in [7, 11) is 0. The molecule has 0 radical (unpaired) electrons. The zero-order valence-electron chi connectivity index (χ0n) is 12.5. The van der Waals surface area contributed by atoms with E-state index in [0.717, 1.165) is 0 Å². The van der Waals surface area contributed by atoms with Gasteiger partial charge in [-0.1, -0.05) is 56.0 Å². The molecule has 0 aromatic heterocycles. The summed E-state index contributed by atoms with van der Waals surface area (Å²) >= 11 is -0.0164. The van der Waals surface area contributed by atoms with E-state index in [1.54, 1.807) is 0 Å². The lowest BCUT2D eigenvalue weighted by Gasteiger charge is -2.00. The van der Waals surface area contributed by atoms with E-state index in [9.17, 15) is 0 Å². The van der Waals surface area contributed by atoms with E-state index in [-0.39, 0.29) is 21.2 Å². The van der Waals surface area contributed by atoms with Crippen molar-refractivity contribution in [2.45, 2.75) is 46.0 Å². The van der Waals surface area contributed by atoms with Gasteiger partial charge in [0.15, 0.2) is 7.14 Å². The van der Waals surface area contributed by atoms with Gasteiger partial charge in [-0.05, 0) is 49.6 Å². The highest BCUT2D eigenvalue weighted by molar-refractivity contribution is 5.15. The van der Waals surface area contributed by atoms with Gasteiger partial charge >= 0.3 is 21.2 Å². The van der Waals surface area contributed by atoms with E-state index in [0.29, 0.717) is 0 Å². The molecule has 0 saturated heterocycles. The third kappa shape index (κ3) is 5.28. The van der Waals surface area contributed by atoms with Gasteiger partial charge in [0.25, 0.3) is 0 Å². The Morgan fingerprint density at radius 2 is 1.35 bits per heavy atom. The highest BCUT2D eigenvalue weighted by atomic mass is 127. The van der Waals surface area contributed by atoms with Crippen LogP contribution in [0.3, 0.4) is 0 Å². The summed E-state index contributed by atoms with van der Waals surface area (Å²) in [5.41, 5.74) is 2.85. The fourth-order valence-corrected chi connectivity index (χ4v) is 4.35. The maximum absolute atomic E-state index is 2.34. The Kier molecular flexibility index (Phi) is 6.58. The lowest BCUT2D eigenvalue weighted by atomic mass is 10.1. The molecule has 0 amide bonds. The summed E-state index contributed by atoms with van der Waals surface area (Å²) in [5, 5.41) is 0. The van der Waals surface area contributed by atoms with Gasteiger partial charge in [0.1, 0.15) is 0 Å². The quantitative estimate of drug-likeness (QED) is 0.512. The summed E-state index contributed by atoms with van der Waals surface area (Å²) in [6.07, 6.45) is 6.63. The van der Waals surface area contributed by atoms with Crippen LogP contribution in [0.5, 0.6) is 0 Å². The van der Waals surface area contributed by atoms with E-state index in [4.69, 9.17) is 0 Å². The molecule has 0 aliphatic carbocycles. The number of benzene rings is 2. The summed E-state index contributed by atoms with van der Waals surface area (Å²) in [6.45, 7) is 4.42. The molecule has 20 heavy (non-hydrogen) atoms. The smallest absolute Gasteiger partial charge is 0.0654 e. The van der Waals surface area contributed by atoms with Crippen LogP contribution in [-0.4, -0.2) is 0 Å². The summed E-state index contributed by atoms with van der Waals surface area (Å²) in [4.78, 5) is 0. The Labute approximate surface area is 133 Å². The Hall–Kier alpha value is -0.830. The van der Waals surface area contributed by atoms with Crippen LogP contribution in [-0.2, 0) is 6.42 Å². The van der Waals surface area contributed by atoms with Gasteiger partial charge in [0, 0.05) is 0 Å². The van der Waals surface area contributed by atoms with Crippen molar-refractivity contribution in [1.29, 1.82) is 0 Å². The van der Waals surface area contributed by atoms with Gasteiger partial charge in [-0.25, -0.2) is 0 Å². The van der Waals surface area contributed by atoms with E-state index < -0.39 is 0 Å². The highest BCUT2D eigenvalue weighted by Crippen LogP contribution is 2.07. The van der Waals surface area contributed by atoms with Crippen molar-refractivity contribution in [1.82, 2.24) is 0 Å². The first kappa shape index (κ1) is 15.6. The van der Waals surface area contributed by atoms with Crippen molar-refractivity contribution < 1.29 is 21.2 Å². The molecule has 0 aliphatic heterocycles. The third-order valence-electron chi connectivity index (χ3n) is 3.46. The van der Waals surface area contributed by atoms with Crippen molar-refractivity contribution in [3.63, 3.8) is 0 Å². The van der Waals surface area contributed by atoms with Gasteiger partial charge in [-0.2, -0.15) is 0 Å². The molecule has 0 fully saturated rings. The Bertz CT molecular complexity index is 496. The van der Waals surface area contributed by atoms with Crippen LogP contribution in [0.15, 0.2) is 48.5 Å². The van der Waals surface area contributed by atoms with E-state index >= 15 is 0 Å². The Morgan fingerprint density at radius 3 is 1.95 bits per heavy atom. The number of rotatable bonds is 7. The molecule has 0 saturated carbocycles. The van der Waals surface area contributed by atoms with Crippen molar-refractivity contribution in [3.05, 3.63) is 66.8 Å². The summed E-state index contributed by atoms with van der Waals surface area (Å²) < 4.78 is 3.02. The maximum Gasteiger partial charge on any atom is 0.357 e. The average molecular weight is 379 g/mol. The number of halogens is 1. The molecule has 2 rings (SSSR count).